The molecule has 0 bridgehead atoms. The SMILES string of the molecule is C[C@@H](Sc1nnc([C@@H](C)NC(=O)c2ccc(Cl)cc2)n1C)C(=O)Nc1ccc2c(c1)OCO2. The van der Waals surface area contributed by atoms with E-state index in [1.54, 1.807) is 61.0 Å². The molecule has 2 amide bonds. The first kappa shape index (κ1) is 22.9. The number of nitrogens with zero attached hydrogens (tertiary/aromatic N) is 3. The van der Waals surface area contributed by atoms with Crippen molar-refractivity contribution in [2.24, 2.45) is 7.05 Å². The number of thioether (sulfide) groups is 1. The highest BCUT2D eigenvalue weighted by atomic mass is 35.5. The molecule has 0 aliphatic carbocycles. The summed E-state index contributed by atoms with van der Waals surface area (Å²) in [6, 6.07) is 11.5. The number of carbonyl (C=O) groups is 2. The standard InChI is InChI=1S/C22H22ClN5O4S/c1-12(24-21(30)14-4-6-15(23)7-5-14)19-26-27-22(28(19)3)33-13(2)20(29)25-16-8-9-17-18(10-16)32-11-31-17/h4-10,12-13H,11H2,1-3H3,(H,24,30)(H,25,29)/t12-,13-/m1/s1. The highest BCUT2D eigenvalue weighted by molar-refractivity contribution is 8.00. The van der Waals surface area contributed by atoms with E-state index in [9.17, 15) is 9.59 Å². The summed E-state index contributed by atoms with van der Waals surface area (Å²) in [5, 5.41) is 14.9. The third-order valence-corrected chi connectivity index (χ3v) is 6.39. The van der Waals surface area contributed by atoms with E-state index in [1.165, 1.54) is 11.8 Å². The maximum absolute atomic E-state index is 12.7. The molecular weight excluding hydrogens is 466 g/mol. The molecule has 3 aromatic rings. The molecule has 2 heterocycles. The number of amides is 2. The molecule has 172 valence electrons. The van der Waals surface area contributed by atoms with Crippen molar-refractivity contribution >= 4 is 40.9 Å². The topological polar surface area (TPSA) is 107 Å². The highest BCUT2D eigenvalue weighted by Gasteiger charge is 2.23. The number of fused-ring (bicyclic) bond motifs is 1. The van der Waals surface area contributed by atoms with Crippen LogP contribution in [0.2, 0.25) is 5.02 Å². The number of ether oxygens (including phenoxy) is 2. The van der Waals surface area contributed by atoms with Gasteiger partial charge in [0, 0.05) is 29.4 Å². The van der Waals surface area contributed by atoms with E-state index in [4.69, 9.17) is 21.1 Å². The molecular formula is C22H22ClN5O4S. The lowest BCUT2D eigenvalue weighted by Crippen LogP contribution is -2.28. The van der Waals surface area contributed by atoms with Crippen LogP contribution in [0, 0.1) is 0 Å². The maximum atomic E-state index is 12.7. The van der Waals surface area contributed by atoms with Crippen LogP contribution in [0.25, 0.3) is 0 Å². The van der Waals surface area contributed by atoms with E-state index in [0.29, 0.717) is 38.8 Å². The van der Waals surface area contributed by atoms with Gasteiger partial charge in [0.2, 0.25) is 12.7 Å². The lowest BCUT2D eigenvalue weighted by Gasteiger charge is -2.15. The number of aromatic nitrogens is 3. The van der Waals surface area contributed by atoms with Crippen LogP contribution < -0.4 is 20.1 Å². The third kappa shape index (κ3) is 5.23. The Bertz CT molecular complexity index is 1180. The van der Waals surface area contributed by atoms with E-state index >= 15 is 0 Å². The average Bonchev–Trinajstić information content (AvgIpc) is 3.40. The van der Waals surface area contributed by atoms with E-state index in [1.807, 2.05) is 6.92 Å². The first-order valence-electron chi connectivity index (χ1n) is 10.1. The Balaban J connectivity index is 1.37. The molecule has 0 fully saturated rings. The predicted molar refractivity (Wildman–Crippen MR) is 125 cm³/mol. The quantitative estimate of drug-likeness (QED) is 0.488. The summed E-state index contributed by atoms with van der Waals surface area (Å²) in [4.78, 5) is 25.2. The van der Waals surface area contributed by atoms with Gasteiger partial charge in [-0.3, -0.25) is 9.59 Å². The number of hydrogen-bond acceptors (Lipinski definition) is 7. The van der Waals surface area contributed by atoms with Gasteiger partial charge in [0.1, 0.15) is 0 Å². The molecule has 2 atom stereocenters. The normalized spacial score (nSPS) is 13.9. The monoisotopic (exact) mass is 487 g/mol. The summed E-state index contributed by atoms with van der Waals surface area (Å²) in [5.74, 6) is 1.39. The fourth-order valence-corrected chi connectivity index (χ4v) is 4.13. The van der Waals surface area contributed by atoms with Crippen molar-refractivity contribution in [3.8, 4) is 11.5 Å². The van der Waals surface area contributed by atoms with Gasteiger partial charge in [0.25, 0.3) is 5.91 Å². The molecule has 0 saturated heterocycles. The lowest BCUT2D eigenvalue weighted by atomic mass is 10.2. The summed E-state index contributed by atoms with van der Waals surface area (Å²) in [5.41, 5.74) is 1.12. The highest BCUT2D eigenvalue weighted by Crippen LogP contribution is 2.34. The van der Waals surface area contributed by atoms with E-state index in [0.717, 1.165) is 0 Å². The predicted octanol–water partition coefficient (Wildman–Crippen LogP) is 3.81. The number of nitrogens with one attached hydrogen (secondary N) is 2. The van der Waals surface area contributed by atoms with Gasteiger partial charge in [0.15, 0.2) is 22.5 Å². The van der Waals surface area contributed by atoms with Crippen LogP contribution in [0.15, 0.2) is 47.6 Å². The van der Waals surface area contributed by atoms with Crippen molar-refractivity contribution in [1.82, 2.24) is 20.1 Å². The van der Waals surface area contributed by atoms with Gasteiger partial charge in [-0.05, 0) is 50.2 Å². The smallest absolute Gasteiger partial charge is 0.251 e. The minimum atomic E-state index is -0.440. The second-order valence-corrected chi connectivity index (χ2v) is 9.16. The molecule has 0 saturated carbocycles. The number of anilines is 1. The van der Waals surface area contributed by atoms with Crippen molar-refractivity contribution in [2.45, 2.75) is 30.3 Å². The van der Waals surface area contributed by atoms with Gasteiger partial charge in [-0.2, -0.15) is 0 Å². The Labute approximate surface area is 199 Å². The Morgan fingerprint density at radius 2 is 1.82 bits per heavy atom. The first-order valence-corrected chi connectivity index (χ1v) is 11.4. The third-order valence-electron chi connectivity index (χ3n) is 5.00. The van der Waals surface area contributed by atoms with Crippen molar-refractivity contribution in [2.75, 3.05) is 12.1 Å². The molecule has 1 aromatic heterocycles. The van der Waals surface area contributed by atoms with Gasteiger partial charge in [-0.25, -0.2) is 0 Å². The van der Waals surface area contributed by atoms with E-state index < -0.39 is 11.3 Å². The van der Waals surface area contributed by atoms with Crippen LogP contribution in [0.5, 0.6) is 11.5 Å². The number of hydrogen-bond donors (Lipinski definition) is 2. The maximum Gasteiger partial charge on any atom is 0.251 e. The minimum absolute atomic E-state index is 0.173. The molecule has 0 unspecified atom stereocenters. The van der Waals surface area contributed by atoms with E-state index in [2.05, 4.69) is 20.8 Å². The Hall–Kier alpha value is -3.24. The van der Waals surface area contributed by atoms with Gasteiger partial charge >= 0.3 is 0 Å². The Kier molecular flexibility index (Phi) is 6.75. The number of rotatable bonds is 7. The molecule has 1 aliphatic rings. The fourth-order valence-electron chi connectivity index (χ4n) is 3.18. The molecule has 2 N–H and O–H groups in total. The summed E-state index contributed by atoms with van der Waals surface area (Å²) in [6.45, 7) is 3.78. The molecule has 4 rings (SSSR count). The zero-order chi connectivity index (χ0) is 23.5. The van der Waals surface area contributed by atoms with Crippen LogP contribution in [0.4, 0.5) is 5.69 Å². The van der Waals surface area contributed by atoms with Gasteiger partial charge < -0.3 is 24.7 Å². The summed E-state index contributed by atoms with van der Waals surface area (Å²) in [7, 11) is 1.80. The van der Waals surface area contributed by atoms with Gasteiger partial charge in [0.05, 0.1) is 11.3 Å². The summed E-state index contributed by atoms with van der Waals surface area (Å²) >= 11 is 7.15. The van der Waals surface area contributed by atoms with Crippen molar-refractivity contribution in [3.05, 3.63) is 58.9 Å². The summed E-state index contributed by atoms with van der Waals surface area (Å²) in [6.07, 6.45) is 0. The zero-order valence-corrected chi connectivity index (χ0v) is 19.7. The number of benzene rings is 2. The largest absolute Gasteiger partial charge is 0.454 e. The molecule has 11 heteroatoms. The van der Waals surface area contributed by atoms with Gasteiger partial charge in [-0.15, -0.1) is 10.2 Å². The van der Waals surface area contributed by atoms with Crippen LogP contribution in [-0.4, -0.2) is 38.6 Å². The number of halogens is 1. The van der Waals surface area contributed by atoms with Crippen LogP contribution >= 0.6 is 23.4 Å². The summed E-state index contributed by atoms with van der Waals surface area (Å²) < 4.78 is 12.4. The molecule has 1 aliphatic heterocycles. The molecule has 0 radical (unpaired) electrons. The van der Waals surface area contributed by atoms with Crippen LogP contribution in [0.1, 0.15) is 36.1 Å². The Morgan fingerprint density at radius 3 is 2.58 bits per heavy atom. The van der Waals surface area contributed by atoms with Crippen molar-refractivity contribution in [3.63, 3.8) is 0 Å². The average molecular weight is 488 g/mol. The lowest BCUT2D eigenvalue weighted by molar-refractivity contribution is -0.115. The van der Waals surface area contributed by atoms with Crippen LogP contribution in [-0.2, 0) is 11.8 Å². The first-order chi connectivity index (χ1) is 15.8. The molecule has 33 heavy (non-hydrogen) atoms. The Morgan fingerprint density at radius 1 is 1.09 bits per heavy atom. The van der Waals surface area contributed by atoms with Gasteiger partial charge in [-0.1, -0.05) is 23.4 Å². The molecule has 9 nitrogen and oxygen atoms in total. The van der Waals surface area contributed by atoms with Crippen LogP contribution in [0.3, 0.4) is 0 Å². The fraction of sp³-hybridized carbons (Fsp3) is 0.273. The second-order valence-electron chi connectivity index (χ2n) is 7.42. The molecule has 2 aromatic carbocycles. The second kappa shape index (κ2) is 9.72. The zero-order valence-electron chi connectivity index (χ0n) is 18.2. The van der Waals surface area contributed by atoms with E-state index in [-0.39, 0.29) is 18.6 Å². The van der Waals surface area contributed by atoms with Crippen molar-refractivity contribution in [1.29, 1.82) is 0 Å². The number of carbonyl (C=O) groups excluding carboxylic acids is 2. The minimum Gasteiger partial charge on any atom is -0.454 e. The van der Waals surface area contributed by atoms with Crippen molar-refractivity contribution < 1.29 is 19.1 Å². The molecule has 0 spiro atoms.